The van der Waals surface area contributed by atoms with Crippen molar-refractivity contribution in [3.05, 3.63) is 76.9 Å². The second kappa shape index (κ2) is 3.84. The van der Waals surface area contributed by atoms with Crippen molar-refractivity contribution in [2.45, 2.75) is 18.8 Å². The van der Waals surface area contributed by atoms with E-state index >= 15 is 0 Å². The Bertz CT molecular complexity index is 607. The van der Waals surface area contributed by atoms with Gasteiger partial charge in [0.25, 0.3) is 0 Å². The third-order valence-corrected chi connectivity index (χ3v) is 4.48. The van der Waals surface area contributed by atoms with E-state index in [-0.39, 0.29) is 0 Å². The quantitative estimate of drug-likeness (QED) is 0.682. The molecule has 0 nitrogen and oxygen atoms in total. The molecule has 2 aromatic carbocycles. The molecule has 0 bridgehead atoms. The van der Waals surface area contributed by atoms with Gasteiger partial charge in [0.15, 0.2) is 0 Å². The van der Waals surface area contributed by atoms with E-state index in [2.05, 4.69) is 60.7 Å². The minimum Gasteiger partial charge on any atom is -0.0649 e. The molecule has 0 heteroatoms. The smallest absolute Gasteiger partial charge is 0.00556 e. The Hall–Kier alpha value is -1.82. The summed E-state index contributed by atoms with van der Waals surface area (Å²) in [5, 5.41) is 0. The fourth-order valence-corrected chi connectivity index (χ4v) is 3.43. The molecule has 2 aliphatic carbocycles. The minimum absolute atomic E-state index is 0.741. The monoisotopic (exact) mass is 232 g/mol. The SMILES string of the molecule is C1=C2C[C@@H](c3ccccc3)[C@@H]2Cc2ccccc21. The van der Waals surface area contributed by atoms with Crippen LogP contribution in [0, 0.1) is 5.92 Å². The summed E-state index contributed by atoms with van der Waals surface area (Å²) in [7, 11) is 0. The molecule has 0 N–H and O–H groups in total. The van der Waals surface area contributed by atoms with Crippen LogP contribution in [0.1, 0.15) is 29.0 Å². The Morgan fingerprint density at radius 3 is 2.39 bits per heavy atom. The van der Waals surface area contributed by atoms with Gasteiger partial charge in [-0.05, 0) is 41.4 Å². The maximum absolute atomic E-state index is 2.42. The summed E-state index contributed by atoms with van der Waals surface area (Å²) in [5.74, 6) is 1.49. The highest BCUT2D eigenvalue weighted by Crippen LogP contribution is 2.51. The van der Waals surface area contributed by atoms with Crippen LogP contribution in [0.15, 0.2) is 60.2 Å². The molecule has 0 aromatic heterocycles. The first-order valence-corrected chi connectivity index (χ1v) is 6.75. The van der Waals surface area contributed by atoms with Crippen molar-refractivity contribution in [3.63, 3.8) is 0 Å². The zero-order valence-corrected chi connectivity index (χ0v) is 10.3. The number of allylic oxidation sites excluding steroid dienone is 1. The van der Waals surface area contributed by atoms with E-state index in [0.717, 1.165) is 11.8 Å². The molecule has 2 aromatic rings. The lowest BCUT2D eigenvalue weighted by atomic mass is 9.61. The summed E-state index contributed by atoms with van der Waals surface area (Å²) in [4.78, 5) is 0. The molecule has 1 fully saturated rings. The number of rotatable bonds is 1. The first-order chi connectivity index (χ1) is 8.92. The number of benzene rings is 2. The largest absolute Gasteiger partial charge is 0.0649 e. The van der Waals surface area contributed by atoms with Gasteiger partial charge in [-0.1, -0.05) is 66.2 Å². The average Bonchev–Trinajstić information content (AvgIpc) is 2.42. The highest BCUT2D eigenvalue weighted by molar-refractivity contribution is 5.63. The van der Waals surface area contributed by atoms with Crippen LogP contribution in [-0.2, 0) is 6.42 Å². The molecule has 4 rings (SSSR count). The van der Waals surface area contributed by atoms with E-state index in [1.165, 1.54) is 29.5 Å². The van der Waals surface area contributed by atoms with Gasteiger partial charge in [0, 0.05) is 0 Å². The van der Waals surface area contributed by atoms with Crippen molar-refractivity contribution >= 4 is 6.08 Å². The first kappa shape index (κ1) is 10.1. The summed E-state index contributed by atoms with van der Waals surface area (Å²) < 4.78 is 0. The predicted molar refractivity (Wildman–Crippen MR) is 75.4 cm³/mol. The summed E-state index contributed by atoms with van der Waals surface area (Å²) in [6.07, 6.45) is 4.90. The zero-order valence-electron chi connectivity index (χ0n) is 10.3. The lowest BCUT2D eigenvalue weighted by Gasteiger charge is -2.43. The van der Waals surface area contributed by atoms with Gasteiger partial charge in [-0.25, -0.2) is 0 Å². The molecule has 2 atom stereocenters. The minimum atomic E-state index is 0.741. The van der Waals surface area contributed by atoms with Crippen LogP contribution in [0.25, 0.3) is 6.08 Å². The topological polar surface area (TPSA) is 0 Å². The van der Waals surface area contributed by atoms with Crippen LogP contribution in [0.4, 0.5) is 0 Å². The van der Waals surface area contributed by atoms with Crippen LogP contribution in [0.2, 0.25) is 0 Å². The maximum atomic E-state index is 2.42. The third-order valence-electron chi connectivity index (χ3n) is 4.48. The Balaban J connectivity index is 1.67. The Kier molecular flexibility index (Phi) is 2.16. The fourth-order valence-electron chi connectivity index (χ4n) is 3.43. The van der Waals surface area contributed by atoms with Gasteiger partial charge in [-0.2, -0.15) is 0 Å². The van der Waals surface area contributed by atoms with Gasteiger partial charge < -0.3 is 0 Å². The highest BCUT2D eigenvalue weighted by Gasteiger charge is 2.38. The molecule has 0 saturated heterocycles. The van der Waals surface area contributed by atoms with E-state index in [0.29, 0.717) is 0 Å². The van der Waals surface area contributed by atoms with Crippen LogP contribution in [0.5, 0.6) is 0 Å². The Morgan fingerprint density at radius 2 is 1.50 bits per heavy atom. The predicted octanol–water partition coefficient (Wildman–Crippen LogP) is 4.43. The molecular weight excluding hydrogens is 216 g/mol. The van der Waals surface area contributed by atoms with Gasteiger partial charge in [-0.3, -0.25) is 0 Å². The van der Waals surface area contributed by atoms with Crippen LogP contribution in [0.3, 0.4) is 0 Å². The molecular formula is C18H16. The van der Waals surface area contributed by atoms with Gasteiger partial charge in [0.1, 0.15) is 0 Å². The number of fused-ring (bicyclic) bond motifs is 2. The average molecular weight is 232 g/mol. The van der Waals surface area contributed by atoms with Crippen molar-refractivity contribution in [3.8, 4) is 0 Å². The van der Waals surface area contributed by atoms with E-state index in [9.17, 15) is 0 Å². The maximum Gasteiger partial charge on any atom is -0.00556 e. The summed E-state index contributed by atoms with van der Waals surface area (Å²) in [5.41, 5.74) is 6.13. The Labute approximate surface area is 108 Å². The van der Waals surface area contributed by atoms with Gasteiger partial charge in [0.2, 0.25) is 0 Å². The second-order valence-corrected chi connectivity index (χ2v) is 5.45. The molecule has 0 amide bonds. The normalized spacial score (nSPS) is 24.6. The molecule has 0 spiro atoms. The van der Waals surface area contributed by atoms with Crippen LogP contribution >= 0.6 is 0 Å². The van der Waals surface area contributed by atoms with Crippen LogP contribution in [-0.4, -0.2) is 0 Å². The van der Waals surface area contributed by atoms with Crippen molar-refractivity contribution in [2.75, 3.05) is 0 Å². The molecule has 0 aliphatic heterocycles. The van der Waals surface area contributed by atoms with E-state index < -0.39 is 0 Å². The molecule has 1 saturated carbocycles. The van der Waals surface area contributed by atoms with Gasteiger partial charge in [0.05, 0.1) is 0 Å². The van der Waals surface area contributed by atoms with Crippen LogP contribution < -0.4 is 0 Å². The summed E-state index contributed by atoms with van der Waals surface area (Å²) in [6, 6.07) is 19.8. The molecule has 88 valence electrons. The molecule has 0 heterocycles. The lowest BCUT2D eigenvalue weighted by Crippen LogP contribution is -2.31. The summed E-state index contributed by atoms with van der Waals surface area (Å²) >= 11 is 0. The number of hydrogen-bond donors (Lipinski definition) is 0. The van der Waals surface area contributed by atoms with Crippen molar-refractivity contribution in [1.82, 2.24) is 0 Å². The van der Waals surface area contributed by atoms with E-state index in [1.54, 1.807) is 5.57 Å². The first-order valence-electron chi connectivity index (χ1n) is 6.75. The highest BCUT2D eigenvalue weighted by atomic mass is 14.4. The van der Waals surface area contributed by atoms with Crippen molar-refractivity contribution < 1.29 is 0 Å². The lowest BCUT2D eigenvalue weighted by molar-refractivity contribution is 0.366. The van der Waals surface area contributed by atoms with Gasteiger partial charge in [-0.15, -0.1) is 0 Å². The third kappa shape index (κ3) is 1.45. The van der Waals surface area contributed by atoms with Gasteiger partial charge >= 0.3 is 0 Å². The fraction of sp³-hybridized carbons (Fsp3) is 0.222. The Morgan fingerprint density at radius 1 is 0.722 bits per heavy atom. The molecule has 0 unspecified atom stereocenters. The zero-order chi connectivity index (χ0) is 11.9. The van der Waals surface area contributed by atoms with E-state index in [4.69, 9.17) is 0 Å². The molecule has 2 aliphatic rings. The molecule has 18 heavy (non-hydrogen) atoms. The number of hydrogen-bond acceptors (Lipinski definition) is 0. The van der Waals surface area contributed by atoms with Crippen molar-refractivity contribution in [2.24, 2.45) is 5.92 Å². The summed E-state index contributed by atoms with van der Waals surface area (Å²) in [6.45, 7) is 0. The second-order valence-electron chi connectivity index (χ2n) is 5.45. The van der Waals surface area contributed by atoms with Crippen molar-refractivity contribution in [1.29, 1.82) is 0 Å². The standard InChI is InChI=1S/C18H16/c1-2-6-13(7-3-1)17-12-16-10-14-8-4-5-9-15(14)11-18(16)17/h1-10,17-18H,11-12H2/t17-,18+/m0/s1. The molecule has 0 radical (unpaired) electrons. The van der Waals surface area contributed by atoms with E-state index in [1.807, 2.05) is 0 Å².